The molecule has 1 N–H and O–H groups in total. The topological polar surface area (TPSA) is 63.6 Å². The highest BCUT2D eigenvalue weighted by Gasteiger charge is 2.21. The zero-order valence-electron chi connectivity index (χ0n) is 15.3. The molecule has 4 aromatic rings. The summed E-state index contributed by atoms with van der Waals surface area (Å²) in [4.78, 5) is 19.3. The van der Waals surface area contributed by atoms with Crippen LogP contribution in [0.15, 0.2) is 42.6 Å². The van der Waals surface area contributed by atoms with Crippen LogP contribution >= 0.6 is 11.3 Å². The Morgan fingerprint density at radius 3 is 2.71 bits per heavy atom. The first-order chi connectivity index (χ1) is 13.7. The van der Waals surface area contributed by atoms with Gasteiger partial charge in [0, 0.05) is 23.9 Å². The average molecular weight is 391 g/mol. The summed E-state index contributed by atoms with van der Waals surface area (Å²) in [6.45, 7) is 2.87. The van der Waals surface area contributed by atoms with Crippen molar-refractivity contribution < 1.29 is 4.39 Å². The van der Waals surface area contributed by atoms with E-state index in [9.17, 15) is 4.39 Å². The first kappa shape index (κ1) is 17.2. The molecule has 1 saturated carbocycles. The van der Waals surface area contributed by atoms with E-state index in [1.807, 2.05) is 19.1 Å². The molecular formula is C21H18FN5S. The minimum Gasteiger partial charge on any atom is -0.354 e. The Balaban J connectivity index is 1.63. The number of hydrogen-bond donors (Lipinski definition) is 1. The fourth-order valence-electron chi connectivity index (χ4n) is 3.15. The lowest BCUT2D eigenvalue weighted by atomic mass is 10.0. The minimum atomic E-state index is -0.270. The molecule has 0 atom stereocenters. The van der Waals surface area contributed by atoms with E-state index in [1.54, 1.807) is 29.7 Å². The predicted molar refractivity (Wildman–Crippen MR) is 110 cm³/mol. The standard InChI is InChI=1S/C21H18FN5S/c1-12-25-18-10-16(17-8-9-23-21(26-17)24-11-13-2-3-13)19(27-20(18)28-12)14-4-6-15(22)7-5-14/h4-10,13H,2-3,11H2,1H3,(H,23,24,26). The van der Waals surface area contributed by atoms with Crippen molar-refractivity contribution >= 4 is 27.6 Å². The Labute approximate surface area is 165 Å². The van der Waals surface area contributed by atoms with Crippen molar-refractivity contribution in [2.75, 3.05) is 11.9 Å². The van der Waals surface area contributed by atoms with Crippen LogP contribution in [0.1, 0.15) is 17.8 Å². The SMILES string of the molecule is Cc1nc2cc(-c3ccnc(NCC4CC4)n3)c(-c3ccc(F)cc3)nc2s1. The molecule has 3 heterocycles. The van der Waals surface area contributed by atoms with Gasteiger partial charge >= 0.3 is 0 Å². The number of thiazole rings is 1. The Bertz CT molecular complexity index is 1150. The second kappa shape index (κ2) is 6.91. The van der Waals surface area contributed by atoms with Gasteiger partial charge in [-0.2, -0.15) is 0 Å². The zero-order valence-corrected chi connectivity index (χ0v) is 16.1. The summed E-state index contributed by atoms with van der Waals surface area (Å²) in [5.74, 6) is 1.08. The van der Waals surface area contributed by atoms with Gasteiger partial charge in [0.2, 0.25) is 5.95 Å². The monoisotopic (exact) mass is 391 g/mol. The molecule has 1 aromatic carbocycles. The van der Waals surface area contributed by atoms with Crippen molar-refractivity contribution in [3.63, 3.8) is 0 Å². The van der Waals surface area contributed by atoms with Crippen LogP contribution < -0.4 is 5.32 Å². The number of rotatable bonds is 5. The highest BCUT2D eigenvalue weighted by atomic mass is 32.1. The van der Waals surface area contributed by atoms with E-state index in [0.717, 1.165) is 50.3 Å². The smallest absolute Gasteiger partial charge is 0.223 e. The molecule has 5 nitrogen and oxygen atoms in total. The van der Waals surface area contributed by atoms with Gasteiger partial charge in [-0.15, -0.1) is 0 Å². The van der Waals surface area contributed by atoms with Crippen molar-refractivity contribution in [1.29, 1.82) is 0 Å². The molecule has 5 rings (SSSR count). The molecule has 0 amide bonds. The predicted octanol–water partition coefficient (Wildman–Crippen LogP) is 5.08. The summed E-state index contributed by atoms with van der Waals surface area (Å²) in [5.41, 5.74) is 4.09. The van der Waals surface area contributed by atoms with E-state index in [0.29, 0.717) is 5.95 Å². The van der Waals surface area contributed by atoms with Crippen molar-refractivity contribution in [3.05, 3.63) is 53.4 Å². The fourth-order valence-corrected chi connectivity index (χ4v) is 3.92. The van der Waals surface area contributed by atoms with E-state index in [4.69, 9.17) is 9.97 Å². The van der Waals surface area contributed by atoms with Crippen molar-refractivity contribution in [3.8, 4) is 22.5 Å². The maximum atomic E-state index is 13.4. The lowest BCUT2D eigenvalue weighted by Crippen LogP contribution is -2.07. The first-order valence-electron chi connectivity index (χ1n) is 9.27. The summed E-state index contributed by atoms with van der Waals surface area (Å²) in [6.07, 6.45) is 4.29. The maximum Gasteiger partial charge on any atom is 0.223 e. The molecule has 7 heteroatoms. The van der Waals surface area contributed by atoms with Gasteiger partial charge in [-0.3, -0.25) is 0 Å². The van der Waals surface area contributed by atoms with Crippen molar-refractivity contribution in [2.45, 2.75) is 19.8 Å². The molecule has 1 aliphatic carbocycles. The Kier molecular flexibility index (Phi) is 4.24. The Morgan fingerprint density at radius 1 is 1.11 bits per heavy atom. The third-order valence-electron chi connectivity index (χ3n) is 4.79. The third-order valence-corrected chi connectivity index (χ3v) is 5.67. The van der Waals surface area contributed by atoms with Gasteiger partial charge in [0.1, 0.15) is 16.2 Å². The number of hydrogen-bond acceptors (Lipinski definition) is 6. The van der Waals surface area contributed by atoms with Gasteiger partial charge in [-0.25, -0.2) is 24.3 Å². The largest absolute Gasteiger partial charge is 0.354 e. The lowest BCUT2D eigenvalue weighted by Gasteiger charge is -2.10. The van der Waals surface area contributed by atoms with Crippen LogP contribution in [0, 0.1) is 18.7 Å². The Hall–Kier alpha value is -2.93. The molecular weight excluding hydrogens is 373 g/mol. The van der Waals surface area contributed by atoms with Crippen LogP contribution in [0.3, 0.4) is 0 Å². The van der Waals surface area contributed by atoms with Gasteiger partial charge < -0.3 is 5.32 Å². The molecule has 140 valence electrons. The molecule has 3 aromatic heterocycles. The number of anilines is 1. The number of nitrogens with one attached hydrogen (secondary N) is 1. The third kappa shape index (κ3) is 3.45. The number of fused-ring (bicyclic) bond motifs is 1. The lowest BCUT2D eigenvalue weighted by molar-refractivity contribution is 0.628. The summed E-state index contributed by atoms with van der Waals surface area (Å²) < 4.78 is 13.4. The molecule has 0 bridgehead atoms. The second-order valence-corrected chi connectivity index (χ2v) is 8.22. The van der Waals surface area contributed by atoms with Gasteiger partial charge in [-0.1, -0.05) is 11.3 Å². The Morgan fingerprint density at radius 2 is 1.93 bits per heavy atom. The summed E-state index contributed by atoms with van der Waals surface area (Å²) in [7, 11) is 0. The average Bonchev–Trinajstić information content (AvgIpc) is 3.46. The number of pyridine rings is 1. The van der Waals surface area contributed by atoms with E-state index in [2.05, 4.69) is 15.3 Å². The second-order valence-electron chi connectivity index (χ2n) is 7.04. The fraction of sp³-hybridized carbons (Fsp3) is 0.238. The van der Waals surface area contributed by atoms with Crippen LogP contribution in [0.5, 0.6) is 0 Å². The molecule has 0 saturated heterocycles. The molecule has 0 aliphatic heterocycles. The van der Waals surface area contributed by atoms with Gasteiger partial charge in [0.25, 0.3) is 0 Å². The van der Waals surface area contributed by atoms with E-state index >= 15 is 0 Å². The van der Waals surface area contributed by atoms with E-state index < -0.39 is 0 Å². The minimum absolute atomic E-state index is 0.270. The van der Waals surface area contributed by atoms with Crippen molar-refractivity contribution in [2.24, 2.45) is 5.92 Å². The van der Waals surface area contributed by atoms with Crippen LogP contribution in [-0.4, -0.2) is 26.5 Å². The molecule has 0 spiro atoms. The van der Waals surface area contributed by atoms with Crippen LogP contribution in [0.25, 0.3) is 32.9 Å². The maximum absolute atomic E-state index is 13.4. The molecule has 1 aliphatic rings. The summed E-state index contributed by atoms with van der Waals surface area (Å²) in [6, 6.07) is 10.3. The summed E-state index contributed by atoms with van der Waals surface area (Å²) >= 11 is 1.55. The van der Waals surface area contributed by atoms with E-state index in [1.165, 1.54) is 25.0 Å². The number of nitrogens with zero attached hydrogens (tertiary/aromatic N) is 4. The molecule has 0 radical (unpaired) electrons. The van der Waals surface area contributed by atoms with Crippen LogP contribution in [0.4, 0.5) is 10.3 Å². The highest BCUT2D eigenvalue weighted by molar-refractivity contribution is 7.18. The highest BCUT2D eigenvalue weighted by Crippen LogP contribution is 2.34. The van der Waals surface area contributed by atoms with Gasteiger partial charge in [0.05, 0.1) is 16.4 Å². The number of benzene rings is 1. The first-order valence-corrected chi connectivity index (χ1v) is 10.1. The number of aromatic nitrogens is 4. The van der Waals surface area contributed by atoms with Crippen LogP contribution in [-0.2, 0) is 0 Å². The van der Waals surface area contributed by atoms with Gasteiger partial charge in [0.15, 0.2) is 0 Å². The number of aryl methyl sites for hydroxylation is 1. The molecule has 28 heavy (non-hydrogen) atoms. The molecule has 1 fully saturated rings. The van der Waals surface area contributed by atoms with E-state index in [-0.39, 0.29) is 5.82 Å². The van der Waals surface area contributed by atoms with Gasteiger partial charge in [-0.05, 0) is 62.1 Å². The zero-order chi connectivity index (χ0) is 19.1. The summed E-state index contributed by atoms with van der Waals surface area (Å²) in [5, 5.41) is 4.28. The molecule has 0 unspecified atom stereocenters. The quantitative estimate of drug-likeness (QED) is 0.514. The van der Waals surface area contributed by atoms with Crippen LogP contribution in [0.2, 0.25) is 0 Å². The number of halogens is 1. The van der Waals surface area contributed by atoms with Crippen molar-refractivity contribution in [1.82, 2.24) is 19.9 Å². The normalized spacial score (nSPS) is 13.8.